The highest BCUT2D eigenvalue weighted by atomic mass is 16.1. The van der Waals surface area contributed by atoms with E-state index in [0.717, 1.165) is 18.7 Å². The molecule has 1 heterocycles. The number of rotatable bonds is 6. The minimum Gasteiger partial charge on any atom is -0.380 e. The molecule has 2 aromatic rings. The van der Waals surface area contributed by atoms with Crippen LogP contribution in [0.15, 0.2) is 48.7 Å². The molecule has 0 spiro atoms. The fraction of sp³-hybridized carbons (Fsp3) is 0.294. The molecule has 1 unspecified atom stereocenters. The minimum absolute atomic E-state index is 0.126. The predicted molar refractivity (Wildman–Crippen MR) is 85.2 cm³/mol. The average Bonchev–Trinajstić information content (AvgIpc) is 2.54. The molecule has 0 aliphatic rings. The van der Waals surface area contributed by atoms with Crippen molar-refractivity contribution in [3.8, 4) is 0 Å². The molecule has 0 radical (unpaired) electrons. The van der Waals surface area contributed by atoms with Crippen LogP contribution in [0.3, 0.4) is 0 Å². The Hall–Kier alpha value is -2.36. The van der Waals surface area contributed by atoms with Gasteiger partial charge in [0.25, 0.3) is 5.91 Å². The molecule has 0 bridgehead atoms. The molecule has 1 aromatic carbocycles. The van der Waals surface area contributed by atoms with Crippen LogP contribution in [0.5, 0.6) is 0 Å². The summed E-state index contributed by atoms with van der Waals surface area (Å²) in [7, 11) is 0. The molecule has 2 rings (SSSR count). The van der Waals surface area contributed by atoms with Gasteiger partial charge in [-0.05, 0) is 31.0 Å². The molecule has 1 amide bonds. The summed E-state index contributed by atoms with van der Waals surface area (Å²) in [5, 5.41) is 6.19. The van der Waals surface area contributed by atoms with Crippen molar-refractivity contribution < 1.29 is 4.79 Å². The maximum Gasteiger partial charge on any atom is 0.270 e. The number of aromatic nitrogens is 1. The Morgan fingerprint density at radius 3 is 2.57 bits per heavy atom. The number of carbonyl (C=O) groups excluding carboxylic acids is 1. The van der Waals surface area contributed by atoms with Crippen molar-refractivity contribution in [1.29, 1.82) is 0 Å². The number of hydrogen-bond acceptors (Lipinski definition) is 3. The molecular weight excluding hydrogens is 262 g/mol. The van der Waals surface area contributed by atoms with Gasteiger partial charge in [0.15, 0.2) is 0 Å². The Morgan fingerprint density at radius 2 is 1.95 bits per heavy atom. The summed E-state index contributed by atoms with van der Waals surface area (Å²) in [6.07, 6.45) is 2.59. The van der Waals surface area contributed by atoms with E-state index in [-0.39, 0.29) is 11.9 Å². The average molecular weight is 283 g/mol. The number of nitrogens with one attached hydrogen (secondary N) is 2. The Balaban J connectivity index is 1.91. The highest BCUT2D eigenvalue weighted by Crippen LogP contribution is 2.09. The number of nitrogens with zero attached hydrogens (tertiary/aromatic N) is 1. The van der Waals surface area contributed by atoms with Gasteiger partial charge >= 0.3 is 0 Å². The second-order valence-corrected chi connectivity index (χ2v) is 5.05. The monoisotopic (exact) mass is 283 g/mol. The van der Waals surface area contributed by atoms with Crippen LogP contribution in [0.25, 0.3) is 0 Å². The van der Waals surface area contributed by atoms with E-state index < -0.39 is 0 Å². The van der Waals surface area contributed by atoms with Crippen molar-refractivity contribution in [1.82, 2.24) is 10.3 Å². The van der Waals surface area contributed by atoms with Crippen LogP contribution < -0.4 is 10.6 Å². The van der Waals surface area contributed by atoms with Crippen molar-refractivity contribution >= 4 is 11.6 Å². The van der Waals surface area contributed by atoms with Crippen molar-refractivity contribution in [2.24, 2.45) is 0 Å². The molecule has 0 saturated carbocycles. The summed E-state index contributed by atoms with van der Waals surface area (Å²) in [6.45, 7) is 4.75. The highest BCUT2D eigenvalue weighted by Gasteiger charge is 2.09. The van der Waals surface area contributed by atoms with Crippen LogP contribution in [0.2, 0.25) is 0 Å². The molecule has 1 aromatic heterocycles. The van der Waals surface area contributed by atoms with E-state index in [9.17, 15) is 4.79 Å². The smallest absolute Gasteiger partial charge is 0.270 e. The zero-order valence-corrected chi connectivity index (χ0v) is 12.5. The predicted octanol–water partition coefficient (Wildman–Crippen LogP) is 3.22. The highest BCUT2D eigenvalue weighted by molar-refractivity contribution is 5.92. The quantitative estimate of drug-likeness (QED) is 0.856. The van der Waals surface area contributed by atoms with Crippen LogP contribution in [0, 0.1) is 0 Å². The fourth-order valence-corrected chi connectivity index (χ4v) is 1.83. The van der Waals surface area contributed by atoms with Gasteiger partial charge < -0.3 is 10.6 Å². The van der Waals surface area contributed by atoms with Crippen LogP contribution in [-0.2, 0) is 6.54 Å². The molecule has 4 heteroatoms. The van der Waals surface area contributed by atoms with Gasteiger partial charge in [0.1, 0.15) is 5.69 Å². The van der Waals surface area contributed by atoms with Crippen molar-refractivity contribution in [2.75, 3.05) is 5.32 Å². The Bertz CT molecular complexity index is 566. The first kappa shape index (κ1) is 15.0. The van der Waals surface area contributed by atoms with E-state index in [4.69, 9.17) is 0 Å². The summed E-state index contributed by atoms with van der Waals surface area (Å²) in [6, 6.07) is 13.9. The molecule has 110 valence electrons. The number of hydrogen-bond donors (Lipinski definition) is 2. The third-order valence-electron chi connectivity index (χ3n) is 3.33. The minimum atomic E-state index is -0.126. The van der Waals surface area contributed by atoms with E-state index in [1.165, 1.54) is 5.56 Å². The molecule has 1 atom stereocenters. The van der Waals surface area contributed by atoms with Gasteiger partial charge in [0.05, 0.1) is 11.9 Å². The molecule has 0 aliphatic carbocycles. The summed E-state index contributed by atoms with van der Waals surface area (Å²) < 4.78 is 0. The molecule has 2 N–H and O–H groups in total. The van der Waals surface area contributed by atoms with E-state index in [1.54, 1.807) is 12.3 Å². The molecule has 4 nitrogen and oxygen atoms in total. The maximum atomic E-state index is 11.9. The van der Waals surface area contributed by atoms with Gasteiger partial charge in [-0.2, -0.15) is 0 Å². The van der Waals surface area contributed by atoms with Gasteiger partial charge in [-0.3, -0.25) is 4.79 Å². The van der Waals surface area contributed by atoms with Crippen molar-refractivity contribution in [3.05, 3.63) is 59.9 Å². The normalized spacial score (nSPS) is 11.7. The third-order valence-corrected chi connectivity index (χ3v) is 3.33. The van der Waals surface area contributed by atoms with E-state index in [1.807, 2.05) is 38.1 Å². The topological polar surface area (TPSA) is 54.0 Å². The lowest BCUT2D eigenvalue weighted by atomic mass is 10.2. The van der Waals surface area contributed by atoms with Crippen LogP contribution in [0.4, 0.5) is 5.69 Å². The Labute approximate surface area is 125 Å². The second-order valence-electron chi connectivity index (χ2n) is 5.05. The van der Waals surface area contributed by atoms with Crippen molar-refractivity contribution in [3.63, 3.8) is 0 Å². The first-order valence-electron chi connectivity index (χ1n) is 7.23. The summed E-state index contributed by atoms with van der Waals surface area (Å²) in [4.78, 5) is 16.1. The van der Waals surface area contributed by atoms with Gasteiger partial charge in [0.2, 0.25) is 0 Å². The van der Waals surface area contributed by atoms with Crippen LogP contribution in [0.1, 0.15) is 36.3 Å². The van der Waals surface area contributed by atoms with Gasteiger partial charge in [-0.25, -0.2) is 4.98 Å². The summed E-state index contributed by atoms with van der Waals surface area (Å²) in [5.41, 5.74) is 2.55. The second kappa shape index (κ2) is 7.43. The van der Waals surface area contributed by atoms with E-state index >= 15 is 0 Å². The zero-order valence-electron chi connectivity index (χ0n) is 12.5. The molecule has 0 saturated heterocycles. The van der Waals surface area contributed by atoms with Crippen LogP contribution in [-0.4, -0.2) is 16.9 Å². The summed E-state index contributed by atoms with van der Waals surface area (Å²) >= 11 is 0. The molecule has 0 fully saturated rings. The number of pyridine rings is 1. The number of anilines is 1. The molecule has 21 heavy (non-hydrogen) atoms. The zero-order chi connectivity index (χ0) is 15.1. The first-order valence-corrected chi connectivity index (χ1v) is 7.23. The lowest BCUT2D eigenvalue weighted by Gasteiger charge is -2.11. The largest absolute Gasteiger partial charge is 0.380 e. The Morgan fingerprint density at radius 1 is 1.19 bits per heavy atom. The van der Waals surface area contributed by atoms with Gasteiger partial charge in [-0.15, -0.1) is 0 Å². The SMILES string of the molecule is CCC(C)NC(=O)c1ccc(NCc2ccccc2)cn1. The number of amides is 1. The van der Waals surface area contributed by atoms with Gasteiger partial charge in [-0.1, -0.05) is 37.3 Å². The maximum absolute atomic E-state index is 11.9. The van der Waals surface area contributed by atoms with E-state index in [0.29, 0.717) is 5.69 Å². The Kier molecular flexibility index (Phi) is 5.32. The van der Waals surface area contributed by atoms with Crippen LogP contribution >= 0.6 is 0 Å². The first-order chi connectivity index (χ1) is 10.2. The lowest BCUT2D eigenvalue weighted by Crippen LogP contribution is -2.32. The fourth-order valence-electron chi connectivity index (χ4n) is 1.83. The van der Waals surface area contributed by atoms with Gasteiger partial charge in [0, 0.05) is 12.6 Å². The molecule has 0 aliphatic heterocycles. The van der Waals surface area contributed by atoms with Crippen molar-refractivity contribution in [2.45, 2.75) is 32.9 Å². The van der Waals surface area contributed by atoms with E-state index in [2.05, 4.69) is 27.8 Å². The molecular formula is C17H21N3O. The number of carbonyl (C=O) groups is 1. The standard InChI is InChI=1S/C17H21N3O/c1-3-13(2)20-17(21)16-10-9-15(12-19-16)18-11-14-7-5-4-6-8-14/h4-10,12-13,18H,3,11H2,1-2H3,(H,20,21). The summed E-state index contributed by atoms with van der Waals surface area (Å²) in [5.74, 6) is -0.126. The lowest BCUT2D eigenvalue weighted by molar-refractivity contribution is 0.0934. The third kappa shape index (κ3) is 4.60. The number of benzene rings is 1.